The van der Waals surface area contributed by atoms with Crippen molar-refractivity contribution < 1.29 is 17.9 Å². The van der Waals surface area contributed by atoms with Gasteiger partial charge in [0.05, 0.1) is 0 Å². The summed E-state index contributed by atoms with van der Waals surface area (Å²) < 4.78 is 34.4. The number of hydrogen-bond acceptors (Lipinski definition) is 6. The summed E-state index contributed by atoms with van der Waals surface area (Å²) in [5, 5.41) is 3.25. The number of piperidine rings is 1. The molecule has 0 spiro atoms. The van der Waals surface area contributed by atoms with Crippen LogP contribution in [-0.4, -0.2) is 118 Å². The SMILES string of the molecule is COC1(C(=O)N2CCN(S(=O)(=O)N3CCN(C)CC3)CC2)CCNCC1. The Balaban J connectivity index is 1.59. The van der Waals surface area contributed by atoms with Crippen LogP contribution in [0.2, 0.25) is 0 Å². The summed E-state index contributed by atoms with van der Waals surface area (Å²) in [6.07, 6.45) is 1.31. The Hall–Kier alpha value is -0.780. The fourth-order valence-corrected chi connectivity index (χ4v) is 5.50. The van der Waals surface area contributed by atoms with Crippen LogP contribution in [0, 0.1) is 0 Å². The number of carbonyl (C=O) groups is 1. The number of amides is 1. The van der Waals surface area contributed by atoms with E-state index in [1.165, 1.54) is 4.31 Å². The molecule has 3 heterocycles. The number of nitrogens with zero attached hydrogens (tertiary/aromatic N) is 4. The first-order valence-corrected chi connectivity index (χ1v) is 10.8. The molecule has 9 nitrogen and oxygen atoms in total. The normalized spacial score (nSPS) is 26.8. The molecule has 3 saturated heterocycles. The molecule has 3 fully saturated rings. The van der Waals surface area contributed by atoms with Crippen LogP contribution in [0.5, 0.6) is 0 Å². The molecule has 0 unspecified atom stereocenters. The van der Waals surface area contributed by atoms with Crippen LogP contribution in [0.1, 0.15) is 12.8 Å². The van der Waals surface area contributed by atoms with Gasteiger partial charge in [0.15, 0.2) is 0 Å². The van der Waals surface area contributed by atoms with E-state index in [0.29, 0.717) is 52.1 Å². The second-order valence-electron chi connectivity index (χ2n) is 7.35. The van der Waals surface area contributed by atoms with Crippen molar-refractivity contribution in [2.24, 2.45) is 0 Å². The van der Waals surface area contributed by atoms with Crippen LogP contribution in [-0.2, 0) is 19.7 Å². The van der Waals surface area contributed by atoms with Gasteiger partial charge in [0, 0.05) is 59.5 Å². The Morgan fingerprint density at radius 2 is 1.42 bits per heavy atom. The maximum absolute atomic E-state index is 13.0. The third-order valence-corrected chi connectivity index (χ3v) is 7.87. The number of rotatable bonds is 4. The van der Waals surface area contributed by atoms with Crippen molar-refractivity contribution in [1.29, 1.82) is 0 Å². The van der Waals surface area contributed by atoms with Gasteiger partial charge in [-0.1, -0.05) is 0 Å². The first-order valence-electron chi connectivity index (χ1n) is 9.38. The monoisotopic (exact) mass is 389 g/mol. The summed E-state index contributed by atoms with van der Waals surface area (Å²) in [5.41, 5.74) is -0.760. The van der Waals surface area contributed by atoms with Crippen LogP contribution < -0.4 is 5.32 Å². The highest BCUT2D eigenvalue weighted by atomic mass is 32.2. The minimum Gasteiger partial charge on any atom is -0.368 e. The molecule has 10 heteroatoms. The predicted octanol–water partition coefficient (Wildman–Crippen LogP) is -1.61. The number of hydrogen-bond donors (Lipinski definition) is 1. The lowest BCUT2D eigenvalue weighted by Crippen LogP contribution is -2.61. The highest BCUT2D eigenvalue weighted by molar-refractivity contribution is 7.86. The standard InChI is InChI=1S/C16H31N5O4S/c1-18-7-11-20(12-8-18)26(23,24)21-13-9-19(10-14-21)15(22)16(25-2)3-5-17-6-4-16/h17H,3-14H2,1-2H3. The van der Waals surface area contributed by atoms with Gasteiger partial charge in [0.2, 0.25) is 0 Å². The third-order valence-electron chi connectivity index (χ3n) is 5.83. The van der Waals surface area contributed by atoms with E-state index in [4.69, 9.17) is 4.74 Å². The van der Waals surface area contributed by atoms with Crippen LogP contribution in [0.25, 0.3) is 0 Å². The molecule has 26 heavy (non-hydrogen) atoms. The Morgan fingerprint density at radius 1 is 0.923 bits per heavy atom. The van der Waals surface area contributed by atoms with Crippen molar-refractivity contribution in [3.05, 3.63) is 0 Å². The summed E-state index contributed by atoms with van der Waals surface area (Å²) in [6.45, 7) is 5.61. The van der Waals surface area contributed by atoms with Crippen molar-refractivity contribution in [1.82, 2.24) is 23.7 Å². The minimum absolute atomic E-state index is 0.00172. The van der Waals surface area contributed by atoms with Gasteiger partial charge in [-0.3, -0.25) is 4.79 Å². The van der Waals surface area contributed by atoms with E-state index < -0.39 is 15.8 Å². The van der Waals surface area contributed by atoms with Gasteiger partial charge < -0.3 is 19.9 Å². The highest BCUT2D eigenvalue weighted by Gasteiger charge is 2.44. The third kappa shape index (κ3) is 3.90. The molecule has 0 saturated carbocycles. The van der Waals surface area contributed by atoms with Gasteiger partial charge in [-0.05, 0) is 33.0 Å². The van der Waals surface area contributed by atoms with Gasteiger partial charge in [0.1, 0.15) is 5.60 Å². The quantitative estimate of drug-likeness (QED) is 0.623. The zero-order chi connectivity index (χ0) is 18.8. The fourth-order valence-electron chi connectivity index (χ4n) is 3.93. The molecule has 0 aromatic heterocycles. The number of carbonyl (C=O) groups excluding carboxylic acids is 1. The zero-order valence-electron chi connectivity index (χ0n) is 15.8. The Bertz CT molecular complexity index is 592. The molecule has 0 atom stereocenters. The average Bonchev–Trinajstić information content (AvgIpc) is 2.68. The van der Waals surface area contributed by atoms with Gasteiger partial charge in [0.25, 0.3) is 16.1 Å². The maximum Gasteiger partial charge on any atom is 0.282 e. The highest BCUT2D eigenvalue weighted by Crippen LogP contribution is 2.26. The summed E-state index contributed by atoms with van der Waals surface area (Å²) >= 11 is 0. The van der Waals surface area contributed by atoms with E-state index in [1.807, 2.05) is 7.05 Å². The van der Waals surface area contributed by atoms with Crippen molar-refractivity contribution >= 4 is 16.1 Å². The molecule has 0 radical (unpaired) electrons. The second-order valence-corrected chi connectivity index (χ2v) is 9.28. The Morgan fingerprint density at radius 3 is 1.92 bits per heavy atom. The van der Waals surface area contributed by atoms with Crippen molar-refractivity contribution in [3.63, 3.8) is 0 Å². The number of ether oxygens (including phenoxy) is 1. The molecule has 0 bridgehead atoms. The van der Waals surface area contributed by atoms with Crippen molar-refractivity contribution in [2.75, 3.05) is 79.6 Å². The zero-order valence-corrected chi connectivity index (χ0v) is 16.6. The predicted molar refractivity (Wildman–Crippen MR) is 98.0 cm³/mol. The molecule has 0 aromatic carbocycles. The lowest BCUT2D eigenvalue weighted by molar-refractivity contribution is -0.159. The van der Waals surface area contributed by atoms with E-state index in [-0.39, 0.29) is 5.91 Å². The summed E-state index contributed by atoms with van der Waals surface area (Å²) in [6, 6.07) is 0. The van der Waals surface area contributed by atoms with Crippen LogP contribution in [0.3, 0.4) is 0 Å². The van der Waals surface area contributed by atoms with Gasteiger partial charge in [-0.2, -0.15) is 17.0 Å². The number of likely N-dealkylation sites (N-methyl/N-ethyl adjacent to an activating group) is 1. The number of nitrogens with one attached hydrogen (secondary N) is 1. The van der Waals surface area contributed by atoms with E-state index in [0.717, 1.165) is 26.2 Å². The lowest BCUT2D eigenvalue weighted by Gasteiger charge is -2.43. The number of methoxy groups -OCH3 is 1. The Kier molecular flexibility index (Phi) is 6.20. The molecule has 3 aliphatic heterocycles. The minimum atomic E-state index is -3.44. The molecule has 1 N–H and O–H groups in total. The molecule has 150 valence electrons. The summed E-state index contributed by atoms with van der Waals surface area (Å²) in [4.78, 5) is 16.9. The van der Waals surface area contributed by atoms with E-state index in [2.05, 4.69) is 10.2 Å². The van der Waals surface area contributed by atoms with Gasteiger partial charge >= 0.3 is 0 Å². The van der Waals surface area contributed by atoms with Crippen LogP contribution in [0.4, 0.5) is 0 Å². The summed E-state index contributed by atoms with van der Waals surface area (Å²) in [5.74, 6) is -0.00172. The molecular formula is C16H31N5O4S. The Labute approximate surface area is 156 Å². The van der Waals surface area contributed by atoms with E-state index in [9.17, 15) is 13.2 Å². The molecule has 0 aliphatic carbocycles. The first-order chi connectivity index (χ1) is 12.4. The molecule has 1 amide bonds. The smallest absolute Gasteiger partial charge is 0.282 e. The fraction of sp³-hybridized carbons (Fsp3) is 0.938. The topological polar surface area (TPSA) is 85.4 Å². The van der Waals surface area contributed by atoms with E-state index in [1.54, 1.807) is 16.3 Å². The molecular weight excluding hydrogens is 358 g/mol. The van der Waals surface area contributed by atoms with Crippen molar-refractivity contribution in [3.8, 4) is 0 Å². The lowest BCUT2D eigenvalue weighted by atomic mass is 9.90. The maximum atomic E-state index is 13.0. The second kappa shape index (κ2) is 8.07. The van der Waals surface area contributed by atoms with Gasteiger partial charge in [-0.15, -0.1) is 0 Å². The largest absolute Gasteiger partial charge is 0.368 e. The summed E-state index contributed by atoms with van der Waals surface area (Å²) in [7, 11) is 0.153. The van der Waals surface area contributed by atoms with Gasteiger partial charge in [-0.25, -0.2) is 0 Å². The average molecular weight is 390 g/mol. The van der Waals surface area contributed by atoms with Crippen LogP contribution >= 0.6 is 0 Å². The van der Waals surface area contributed by atoms with Crippen LogP contribution in [0.15, 0.2) is 0 Å². The van der Waals surface area contributed by atoms with Crippen molar-refractivity contribution in [2.45, 2.75) is 18.4 Å². The molecule has 0 aromatic rings. The van der Waals surface area contributed by atoms with E-state index >= 15 is 0 Å². The molecule has 3 rings (SSSR count). The first kappa shape index (κ1) is 20.0. The number of piperazine rings is 2. The molecule has 3 aliphatic rings.